The van der Waals surface area contributed by atoms with E-state index in [-0.39, 0.29) is 17.7 Å². The predicted molar refractivity (Wildman–Crippen MR) is 87.7 cm³/mol. The van der Waals surface area contributed by atoms with Gasteiger partial charge in [0.2, 0.25) is 5.91 Å². The van der Waals surface area contributed by atoms with Crippen molar-refractivity contribution in [3.05, 3.63) is 48.0 Å². The topological polar surface area (TPSA) is 58.6 Å². The molecule has 23 heavy (non-hydrogen) atoms. The van der Waals surface area contributed by atoms with Crippen LogP contribution >= 0.6 is 0 Å². The van der Waals surface area contributed by atoms with Crippen LogP contribution in [0, 0.1) is 5.92 Å². The lowest BCUT2D eigenvalue weighted by Crippen LogP contribution is -2.45. The second kappa shape index (κ2) is 6.79. The minimum absolute atomic E-state index is 0.0169. The van der Waals surface area contributed by atoms with Crippen LogP contribution in [0.15, 0.2) is 42.5 Å². The summed E-state index contributed by atoms with van der Waals surface area (Å²) in [5.41, 5.74) is 3.06. The zero-order valence-electron chi connectivity index (χ0n) is 13.1. The normalized spacial score (nSPS) is 18.0. The van der Waals surface area contributed by atoms with E-state index in [1.54, 1.807) is 4.90 Å². The second-order valence-electron chi connectivity index (χ2n) is 5.79. The number of amides is 2. The molecule has 0 spiro atoms. The molecule has 0 aliphatic carbocycles. The molecule has 0 bridgehead atoms. The van der Waals surface area contributed by atoms with Crippen LogP contribution in [0.1, 0.15) is 23.2 Å². The first-order valence-electron chi connectivity index (χ1n) is 7.80. The Labute approximate surface area is 135 Å². The van der Waals surface area contributed by atoms with Crippen molar-refractivity contribution >= 4 is 22.6 Å². The minimum Gasteiger partial charge on any atom is -0.338 e. The largest absolute Gasteiger partial charge is 0.338 e. The summed E-state index contributed by atoms with van der Waals surface area (Å²) in [5.74, 6) is -0.401. The number of hydrogen-bond acceptors (Lipinski definition) is 3. The molecule has 2 aromatic rings. The molecule has 0 saturated carbocycles. The van der Waals surface area contributed by atoms with Gasteiger partial charge >= 0.3 is 0 Å². The van der Waals surface area contributed by atoms with Crippen molar-refractivity contribution in [2.45, 2.75) is 12.8 Å². The molecule has 0 radical (unpaired) electrons. The number of carbonyl (C=O) groups excluding carboxylic acids is 2. The van der Waals surface area contributed by atoms with Crippen molar-refractivity contribution < 1.29 is 14.4 Å². The average molecular weight is 312 g/mol. The third-order valence-electron chi connectivity index (χ3n) is 4.30. The van der Waals surface area contributed by atoms with Crippen LogP contribution in [0.4, 0.5) is 0 Å². The van der Waals surface area contributed by atoms with E-state index in [0.717, 1.165) is 23.6 Å². The SMILES string of the molecule is CONC(=O)[C@H]1CCCN(C(=O)c2cccc3ccccc23)C1. The van der Waals surface area contributed by atoms with Gasteiger partial charge in [0.05, 0.1) is 13.0 Å². The number of carbonyl (C=O) groups is 2. The first-order chi connectivity index (χ1) is 11.2. The summed E-state index contributed by atoms with van der Waals surface area (Å²) >= 11 is 0. The number of benzene rings is 2. The third-order valence-corrected chi connectivity index (χ3v) is 4.30. The average Bonchev–Trinajstić information content (AvgIpc) is 2.61. The van der Waals surface area contributed by atoms with E-state index < -0.39 is 0 Å². The number of hydrogen-bond donors (Lipinski definition) is 1. The Morgan fingerprint density at radius 1 is 1.17 bits per heavy atom. The first kappa shape index (κ1) is 15.5. The van der Waals surface area contributed by atoms with Gasteiger partial charge in [-0.2, -0.15) is 0 Å². The van der Waals surface area contributed by atoms with Crippen molar-refractivity contribution in [3.8, 4) is 0 Å². The summed E-state index contributed by atoms with van der Waals surface area (Å²) < 4.78 is 0. The van der Waals surface area contributed by atoms with Crippen LogP contribution in [-0.4, -0.2) is 36.9 Å². The number of piperidine rings is 1. The van der Waals surface area contributed by atoms with Gasteiger partial charge in [0.25, 0.3) is 5.91 Å². The van der Waals surface area contributed by atoms with Gasteiger partial charge in [-0.3, -0.25) is 14.4 Å². The minimum atomic E-state index is -0.220. The number of nitrogens with zero attached hydrogens (tertiary/aromatic N) is 1. The van der Waals surface area contributed by atoms with Crippen LogP contribution in [0.3, 0.4) is 0 Å². The van der Waals surface area contributed by atoms with Gasteiger partial charge in [-0.1, -0.05) is 36.4 Å². The lowest BCUT2D eigenvalue weighted by atomic mass is 9.96. The highest BCUT2D eigenvalue weighted by Crippen LogP contribution is 2.23. The molecule has 3 rings (SSSR count). The van der Waals surface area contributed by atoms with E-state index in [1.165, 1.54) is 7.11 Å². The van der Waals surface area contributed by atoms with Gasteiger partial charge in [0.1, 0.15) is 0 Å². The van der Waals surface area contributed by atoms with E-state index in [9.17, 15) is 9.59 Å². The summed E-state index contributed by atoms with van der Waals surface area (Å²) in [7, 11) is 1.42. The summed E-state index contributed by atoms with van der Waals surface area (Å²) in [6.45, 7) is 1.11. The van der Waals surface area contributed by atoms with Gasteiger partial charge in [-0.15, -0.1) is 0 Å². The van der Waals surface area contributed by atoms with E-state index in [2.05, 4.69) is 5.48 Å². The molecule has 1 atom stereocenters. The number of nitrogens with one attached hydrogen (secondary N) is 1. The summed E-state index contributed by atoms with van der Waals surface area (Å²) in [4.78, 5) is 31.3. The molecule has 120 valence electrons. The van der Waals surface area contributed by atoms with Gasteiger partial charge in [0, 0.05) is 18.7 Å². The molecule has 1 aliphatic rings. The zero-order valence-corrected chi connectivity index (χ0v) is 13.1. The van der Waals surface area contributed by atoms with Crippen LogP contribution in [0.2, 0.25) is 0 Å². The van der Waals surface area contributed by atoms with Crippen molar-refractivity contribution in [3.63, 3.8) is 0 Å². The summed E-state index contributed by atoms with van der Waals surface area (Å²) in [6.07, 6.45) is 1.59. The highest BCUT2D eigenvalue weighted by molar-refractivity contribution is 6.07. The van der Waals surface area contributed by atoms with Gasteiger partial charge in [-0.05, 0) is 29.7 Å². The quantitative estimate of drug-likeness (QED) is 0.885. The molecule has 1 aliphatic heterocycles. The van der Waals surface area contributed by atoms with Crippen molar-refractivity contribution in [2.75, 3.05) is 20.2 Å². The molecule has 5 heteroatoms. The van der Waals surface area contributed by atoms with Crippen molar-refractivity contribution in [1.29, 1.82) is 0 Å². The molecule has 0 unspecified atom stereocenters. The number of likely N-dealkylation sites (tertiary alicyclic amines) is 1. The number of fused-ring (bicyclic) bond motifs is 1. The Balaban J connectivity index is 1.83. The molecule has 1 fully saturated rings. The molecule has 2 amide bonds. The fourth-order valence-electron chi connectivity index (χ4n) is 3.14. The fraction of sp³-hybridized carbons (Fsp3) is 0.333. The summed E-state index contributed by atoms with van der Waals surface area (Å²) in [5, 5.41) is 1.99. The zero-order chi connectivity index (χ0) is 16.2. The molecule has 5 nitrogen and oxygen atoms in total. The standard InChI is InChI=1S/C18H20N2O3/c1-23-19-17(21)14-8-5-11-20(12-14)18(22)16-10-4-7-13-6-2-3-9-15(13)16/h2-4,6-7,9-10,14H,5,8,11-12H2,1H3,(H,19,21)/t14-/m0/s1. The lowest BCUT2D eigenvalue weighted by Gasteiger charge is -2.32. The number of rotatable bonds is 3. The summed E-state index contributed by atoms with van der Waals surface area (Å²) in [6, 6.07) is 13.6. The Bertz CT molecular complexity index is 724. The van der Waals surface area contributed by atoms with Crippen molar-refractivity contribution in [2.24, 2.45) is 5.92 Å². The molecule has 1 saturated heterocycles. The Morgan fingerprint density at radius 2 is 1.96 bits per heavy atom. The molecule has 0 aromatic heterocycles. The van der Waals surface area contributed by atoms with Crippen LogP contribution in [0.5, 0.6) is 0 Å². The maximum atomic E-state index is 12.9. The Kier molecular flexibility index (Phi) is 4.57. The van der Waals surface area contributed by atoms with Gasteiger partial charge < -0.3 is 4.90 Å². The van der Waals surface area contributed by atoms with Crippen molar-refractivity contribution in [1.82, 2.24) is 10.4 Å². The van der Waals surface area contributed by atoms with E-state index >= 15 is 0 Å². The molecule has 2 aromatic carbocycles. The fourth-order valence-corrected chi connectivity index (χ4v) is 3.14. The smallest absolute Gasteiger partial charge is 0.254 e. The monoisotopic (exact) mass is 312 g/mol. The number of hydroxylamine groups is 1. The van der Waals surface area contributed by atoms with E-state index in [4.69, 9.17) is 4.84 Å². The lowest BCUT2D eigenvalue weighted by molar-refractivity contribution is -0.136. The highest BCUT2D eigenvalue weighted by atomic mass is 16.6. The molecule has 1 N–H and O–H groups in total. The first-order valence-corrected chi connectivity index (χ1v) is 7.80. The maximum Gasteiger partial charge on any atom is 0.254 e. The van der Waals surface area contributed by atoms with E-state index in [0.29, 0.717) is 18.7 Å². The van der Waals surface area contributed by atoms with Crippen LogP contribution in [-0.2, 0) is 9.63 Å². The van der Waals surface area contributed by atoms with Gasteiger partial charge in [0.15, 0.2) is 0 Å². The predicted octanol–water partition coefficient (Wildman–Crippen LogP) is 2.37. The second-order valence-corrected chi connectivity index (χ2v) is 5.79. The molecular formula is C18H20N2O3. The highest BCUT2D eigenvalue weighted by Gasteiger charge is 2.29. The maximum absolute atomic E-state index is 12.9. The Morgan fingerprint density at radius 3 is 2.78 bits per heavy atom. The van der Waals surface area contributed by atoms with Gasteiger partial charge in [-0.25, -0.2) is 5.48 Å². The Hall–Kier alpha value is -2.40. The van der Waals surface area contributed by atoms with Crippen LogP contribution < -0.4 is 5.48 Å². The molecule has 1 heterocycles. The van der Waals surface area contributed by atoms with Crippen LogP contribution in [0.25, 0.3) is 10.8 Å². The molecular weight excluding hydrogens is 292 g/mol. The third kappa shape index (κ3) is 3.19. The van der Waals surface area contributed by atoms with E-state index in [1.807, 2.05) is 42.5 Å².